The Morgan fingerprint density at radius 2 is 1.21 bits per heavy atom. The fourth-order valence-corrected chi connectivity index (χ4v) is 2.12. The molecule has 0 aromatic rings. The molecule has 0 aromatic carbocycles. The minimum absolute atomic E-state index is 0.330. The molecule has 0 aliphatic carbocycles. The molecule has 0 radical (unpaired) electrons. The van der Waals surface area contributed by atoms with Gasteiger partial charge < -0.3 is 4.74 Å². The number of carbonyl (C=O) groups is 1. The van der Waals surface area contributed by atoms with Crippen LogP contribution < -0.4 is 0 Å². The Morgan fingerprint density at radius 1 is 0.789 bits per heavy atom. The van der Waals surface area contributed by atoms with Gasteiger partial charge in [0.05, 0.1) is 6.61 Å². The summed E-state index contributed by atoms with van der Waals surface area (Å²) in [5, 5.41) is 7.95. The van der Waals surface area contributed by atoms with E-state index >= 15 is 0 Å². The minimum Gasteiger partial charge on any atom is -0.432 e. The Labute approximate surface area is 117 Å². The Hall–Kier alpha value is -0.770. The molecule has 4 nitrogen and oxygen atoms in total. The summed E-state index contributed by atoms with van der Waals surface area (Å²) < 4.78 is 4.57. The van der Waals surface area contributed by atoms with Crippen LogP contribution in [-0.2, 0) is 9.62 Å². The summed E-state index contributed by atoms with van der Waals surface area (Å²) in [6.45, 7) is 2.58. The molecule has 19 heavy (non-hydrogen) atoms. The van der Waals surface area contributed by atoms with E-state index in [9.17, 15) is 4.79 Å². The first-order valence-corrected chi connectivity index (χ1v) is 7.79. The molecule has 0 aromatic heterocycles. The maximum atomic E-state index is 10.4. The van der Waals surface area contributed by atoms with E-state index in [1.54, 1.807) is 0 Å². The van der Waals surface area contributed by atoms with Crippen LogP contribution in [0.4, 0.5) is 4.79 Å². The van der Waals surface area contributed by atoms with E-state index < -0.39 is 6.16 Å². The summed E-state index contributed by atoms with van der Waals surface area (Å²) in [5.41, 5.74) is 0. The molecule has 0 heterocycles. The summed E-state index contributed by atoms with van der Waals surface area (Å²) >= 11 is 0. The number of hydrogen-bond acceptors (Lipinski definition) is 4. The third-order valence-electron chi connectivity index (χ3n) is 3.29. The second kappa shape index (κ2) is 15.3. The largest absolute Gasteiger partial charge is 0.540 e. The average molecular weight is 274 g/mol. The van der Waals surface area contributed by atoms with Crippen molar-refractivity contribution in [2.45, 2.75) is 84.0 Å². The van der Waals surface area contributed by atoms with Crippen LogP contribution in [-0.4, -0.2) is 18.0 Å². The van der Waals surface area contributed by atoms with Crippen molar-refractivity contribution in [3.05, 3.63) is 0 Å². The maximum Gasteiger partial charge on any atom is 0.540 e. The quantitative estimate of drug-likeness (QED) is 0.214. The van der Waals surface area contributed by atoms with Crippen molar-refractivity contribution in [3.8, 4) is 0 Å². The zero-order chi connectivity index (χ0) is 14.2. The van der Waals surface area contributed by atoms with Crippen LogP contribution in [0.1, 0.15) is 84.0 Å². The first-order chi connectivity index (χ1) is 9.31. The molecule has 0 amide bonds. The van der Waals surface area contributed by atoms with Crippen molar-refractivity contribution < 1.29 is 19.7 Å². The van der Waals surface area contributed by atoms with Crippen molar-refractivity contribution in [3.63, 3.8) is 0 Å². The second-order valence-corrected chi connectivity index (χ2v) is 5.08. The number of hydrogen-bond donors (Lipinski definition) is 1. The van der Waals surface area contributed by atoms with E-state index in [2.05, 4.69) is 16.5 Å². The van der Waals surface area contributed by atoms with Crippen LogP contribution in [0.2, 0.25) is 0 Å². The molecule has 0 saturated carbocycles. The van der Waals surface area contributed by atoms with Crippen LogP contribution in [0.25, 0.3) is 0 Å². The third kappa shape index (κ3) is 15.2. The van der Waals surface area contributed by atoms with Gasteiger partial charge in [-0.2, -0.15) is 5.26 Å². The molecule has 0 aliphatic rings. The Morgan fingerprint density at radius 3 is 1.63 bits per heavy atom. The van der Waals surface area contributed by atoms with E-state index in [-0.39, 0.29) is 0 Å². The molecule has 114 valence electrons. The highest BCUT2D eigenvalue weighted by Gasteiger charge is 2.00. The fraction of sp³-hybridized carbons (Fsp3) is 0.933. The van der Waals surface area contributed by atoms with Gasteiger partial charge in [0.25, 0.3) is 0 Å². The van der Waals surface area contributed by atoms with Gasteiger partial charge >= 0.3 is 6.16 Å². The second-order valence-electron chi connectivity index (χ2n) is 5.08. The van der Waals surface area contributed by atoms with Gasteiger partial charge in [-0.25, -0.2) is 4.79 Å². The van der Waals surface area contributed by atoms with Gasteiger partial charge in [0.2, 0.25) is 0 Å². The normalized spacial score (nSPS) is 10.4. The van der Waals surface area contributed by atoms with Crippen LogP contribution in [0, 0.1) is 0 Å². The Kier molecular flexibility index (Phi) is 14.7. The van der Waals surface area contributed by atoms with Crippen molar-refractivity contribution >= 4 is 6.16 Å². The molecule has 0 atom stereocenters. The standard InChI is InChI=1S/C15H30O4/c1-2-3-4-5-6-7-8-9-10-11-12-13-14-18-15(16)19-17/h17H,2-14H2,1H3. The molecule has 0 rings (SSSR count). The van der Waals surface area contributed by atoms with Crippen LogP contribution in [0.15, 0.2) is 0 Å². The monoisotopic (exact) mass is 274 g/mol. The average Bonchev–Trinajstić information content (AvgIpc) is 2.43. The van der Waals surface area contributed by atoms with Gasteiger partial charge in [-0.1, -0.05) is 77.6 Å². The Bertz CT molecular complexity index is 195. The first kappa shape index (κ1) is 18.2. The highest BCUT2D eigenvalue weighted by molar-refractivity contribution is 5.58. The SMILES string of the molecule is CCCCCCCCCCCCCCOC(=O)OO. The van der Waals surface area contributed by atoms with Crippen LogP contribution in [0.5, 0.6) is 0 Å². The van der Waals surface area contributed by atoms with Crippen molar-refractivity contribution in [2.75, 3.05) is 6.61 Å². The number of ether oxygens (including phenoxy) is 1. The van der Waals surface area contributed by atoms with Gasteiger partial charge in [-0.05, 0) is 6.42 Å². The summed E-state index contributed by atoms with van der Waals surface area (Å²) in [6.07, 6.45) is 14.3. The van der Waals surface area contributed by atoms with E-state index in [1.807, 2.05) is 0 Å². The molecular formula is C15H30O4. The van der Waals surface area contributed by atoms with E-state index in [0.29, 0.717) is 6.61 Å². The Balaban J connectivity index is 2.97. The molecule has 0 aliphatic heterocycles. The van der Waals surface area contributed by atoms with Gasteiger partial charge in [-0.3, -0.25) is 4.89 Å². The highest BCUT2D eigenvalue weighted by atomic mass is 17.1. The van der Waals surface area contributed by atoms with Gasteiger partial charge in [-0.15, -0.1) is 0 Å². The zero-order valence-corrected chi connectivity index (χ0v) is 12.4. The summed E-state index contributed by atoms with van der Waals surface area (Å²) in [4.78, 5) is 13.8. The van der Waals surface area contributed by atoms with Gasteiger partial charge in [0.1, 0.15) is 0 Å². The molecule has 0 bridgehead atoms. The predicted octanol–water partition coefficient (Wildman–Crippen LogP) is 5.31. The van der Waals surface area contributed by atoms with Crippen molar-refractivity contribution in [2.24, 2.45) is 0 Å². The van der Waals surface area contributed by atoms with E-state index in [1.165, 1.54) is 64.2 Å². The minimum atomic E-state index is -1.01. The van der Waals surface area contributed by atoms with Crippen LogP contribution >= 0.6 is 0 Å². The van der Waals surface area contributed by atoms with Gasteiger partial charge in [0.15, 0.2) is 0 Å². The summed E-state index contributed by atoms with van der Waals surface area (Å²) in [7, 11) is 0. The lowest BCUT2D eigenvalue weighted by molar-refractivity contribution is -0.200. The van der Waals surface area contributed by atoms with Crippen molar-refractivity contribution in [1.29, 1.82) is 0 Å². The molecule has 0 unspecified atom stereocenters. The number of carbonyl (C=O) groups excluding carboxylic acids is 1. The van der Waals surface area contributed by atoms with Crippen molar-refractivity contribution in [1.82, 2.24) is 0 Å². The summed E-state index contributed by atoms with van der Waals surface area (Å²) in [5.74, 6) is 0. The first-order valence-electron chi connectivity index (χ1n) is 7.79. The molecular weight excluding hydrogens is 244 g/mol. The maximum absolute atomic E-state index is 10.4. The molecule has 0 saturated heterocycles. The topological polar surface area (TPSA) is 55.8 Å². The highest BCUT2D eigenvalue weighted by Crippen LogP contribution is 2.11. The predicted molar refractivity (Wildman–Crippen MR) is 76.1 cm³/mol. The third-order valence-corrected chi connectivity index (χ3v) is 3.29. The zero-order valence-electron chi connectivity index (χ0n) is 12.4. The van der Waals surface area contributed by atoms with E-state index in [4.69, 9.17) is 5.26 Å². The lowest BCUT2D eigenvalue weighted by atomic mass is 10.1. The van der Waals surface area contributed by atoms with E-state index in [0.717, 1.165) is 12.8 Å². The lowest BCUT2D eigenvalue weighted by Gasteiger charge is -2.03. The molecule has 0 fully saturated rings. The molecule has 4 heteroatoms. The number of unbranched alkanes of at least 4 members (excludes halogenated alkanes) is 11. The fourth-order valence-electron chi connectivity index (χ4n) is 2.12. The molecule has 0 spiro atoms. The van der Waals surface area contributed by atoms with Gasteiger partial charge in [0, 0.05) is 0 Å². The smallest absolute Gasteiger partial charge is 0.432 e. The molecule has 1 N–H and O–H groups in total. The lowest BCUT2D eigenvalue weighted by Crippen LogP contribution is -2.05. The number of rotatable bonds is 13. The van der Waals surface area contributed by atoms with Crippen LogP contribution in [0.3, 0.4) is 0 Å². The summed E-state index contributed by atoms with van der Waals surface area (Å²) in [6, 6.07) is 0.